The third-order valence-corrected chi connectivity index (χ3v) is 20.9. The zero-order chi connectivity index (χ0) is 27.3. The first kappa shape index (κ1) is 36.0. The molecule has 0 heterocycles. The van der Waals surface area contributed by atoms with Gasteiger partial charge >= 0.3 is 0 Å². The average molecular weight is 584 g/mol. The molecule has 0 radical (unpaired) electrons. The molecule has 0 aliphatic rings. The number of hydrogen-bond donors (Lipinski definition) is 0. The second-order valence-corrected chi connectivity index (χ2v) is 31.8. The van der Waals surface area contributed by atoms with Crippen molar-refractivity contribution >= 4 is 44.6 Å². The molecule has 0 aromatic rings. The zero-order valence-corrected chi connectivity index (χ0v) is 30.6. The second-order valence-electron chi connectivity index (χ2n) is 13.6. The van der Waals surface area contributed by atoms with E-state index in [-0.39, 0.29) is 0 Å². The van der Waals surface area contributed by atoms with Gasteiger partial charge in [-0.15, -0.1) is 11.6 Å². The van der Waals surface area contributed by atoms with E-state index in [0.29, 0.717) is 18.3 Å². The summed E-state index contributed by atoms with van der Waals surface area (Å²) < 4.78 is 19.1. The zero-order valence-electron chi connectivity index (χ0n) is 25.8. The van der Waals surface area contributed by atoms with E-state index in [1.165, 1.54) is 68.0 Å². The lowest BCUT2D eigenvalue weighted by Crippen LogP contribution is -2.39. The maximum Gasteiger partial charge on any atom is 0.187 e. The number of alkyl halides is 1. The predicted molar refractivity (Wildman–Crippen MR) is 170 cm³/mol. The Bertz CT molecular complexity index is 485. The Hall–Kier alpha value is 1.04. The van der Waals surface area contributed by atoms with Crippen molar-refractivity contribution in [2.24, 2.45) is 0 Å². The molecule has 0 amide bonds. The summed E-state index contributed by atoms with van der Waals surface area (Å²) in [6, 6.07) is 9.59. The van der Waals surface area contributed by atoms with Crippen LogP contribution in [0.2, 0.25) is 81.6 Å². The lowest BCUT2D eigenvalue weighted by Gasteiger charge is -2.36. The first-order chi connectivity index (χ1) is 15.9. The summed E-state index contributed by atoms with van der Waals surface area (Å²) >= 11 is 6.28. The summed E-state index contributed by atoms with van der Waals surface area (Å²) in [5.74, 6) is 0.804. The lowest BCUT2D eigenvalue weighted by molar-refractivity contribution is 0.230. The molecule has 0 N–H and O–H groups in total. The van der Waals surface area contributed by atoms with Crippen LogP contribution in [-0.4, -0.2) is 57.2 Å². The van der Waals surface area contributed by atoms with Gasteiger partial charge in [-0.1, -0.05) is 43.4 Å². The highest BCUT2D eigenvalue weighted by molar-refractivity contribution is 6.80. The van der Waals surface area contributed by atoms with E-state index in [9.17, 15) is 0 Å². The highest BCUT2D eigenvalue weighted by Crippen LogP contribution is 2.37. The van der Waals surface area contributed by atoms with Gasteiger partial charge in [-0.3, -0.25) is 0 Å². The van der Waals surface area contributed by atoms with Gasteiger partial charge in [0.05, 0.1) is 8.07 Å². The summed E-state index contributed by atoms with van der Waals surface area (Å²) in [7, 11) is -6.18. The Morgan fingerprint density at radius 2 is 0.714 bits per heavy atom. The predicted octanol–water partition coefficient (Wildman–Crippen LogP) is 10.1. The Labute approximate surface area is 230 Å². The molecular formula is C27H63ClO3Si4. The van der Waals surface area contributed by atoms with E-state index in [0.717, 1.165) is 5.88 Å². The van der Waals surface area contributed by atoms with Gasteiger partial charge in [0.25, 0.3) is 0 Å². The minimum atomic E-state index is -1.59. The van der Waals surface area contributed by atoms with Crippen LogP contribution in [-0.2, 0) is 13.3 Å². The number of rotatable bonds is 21. The van der Waals surface area contributed by atoms with Crippen molar-refractivity contribution in [2.75, 3.05) is 5.88 Å². The van der Waals surface area contributed by atoms with Crippen LogP contribution in [0.4, 0.5) is 0 Å². The third kappa shape index (κ3) is 18.9. The van der Waals surface area contributed by atoms with E-state index in [2.05, 4.69) is 80.8 Å². The van der Waals surface area contributed by atoms with Crippen molar-refractivity contribution in [3.05, 3.63) is 0 Å². The van der Waals surface area contributed by atoms with Gasteiger partial charge in [0.15, 0.2) is 25.0 Å². The van der Waals surface area contributed by atoms with Gasteiger partial charge in [-0.05, 0) is 105 Å². The van der Waals surface area contributed by atoms with E-state index < -0.39 is 33.0 Å². The van der Waals surface area contributed by atoms with Gasteiger partial charge in [0, 0.05) is 24.2 Å². The SMILES string of the molecule is CC(C)O[Si](C)(C)CCC[Si](CCCCl)(CCC[Si](C)(C)OC(C)C)CCC[Si](C)(C)OC(C)C. The molecule has 0 aliphatic heterocycles. The summed E-state index contributed by atoms with van der Waals surface area (Å²) in [4.78, 5) is 0. The maximum atomic E-state index is 6.37. The molecule has 0 spiro atoms. The number of halogens is 1. The summed E-state index contributed by atoms with van der Waals surface area (Å²) in [6.45, 7) is 27.5. The van der Waals surface area contributed by atoms with Crippen LogP contribution < -0.4 is 0 Å². The van der Waals surface area contributed by atoms with Crippen LogP contribution in [0.25, 0.3) is 0 Å². The van der Waals surface area contributed by atoms with Crippen LogP contribution in [0, 0.1) is 0 Å². The third-order valence-electron chi connectivity index (χ3n) is 6.96. The van der Waals surface area contributed by atoms with Crippen molar-refractivity contribution in [1.82, 2.24) is 0 Å². The normalized spacial score (nSPS) is 14.1. The lowest BCUT2D eigenvalue weighted by atomic mass is 10.5. The molecule has 0 saturated heterocycles. The number of hydrogen-bond acceptors (Lipinski definition) is 3. The Balaban J connectivity index is 5.43. The second kappa shape index (κ2) is 16.9. The quantitative estimate of drug-likeness (QED) is 0.0994. The molecule has 0 rings (SSSR count). The van der Waals surface area contributed by atoms with E-state index in [4.69, 9.17) is 24.9 Å². The van der Waals surface area contributed by atoms with Crippen molar-refractivity contribution in [2.45, 2.75) is 167 Å². The monoisotopic (exact) mass is 582 g/mol. The molecule has 0 bridgehead atoms. The van der Waals surface area contributed by atoms with Crippen LogP contribution in [0.3, 0.4) is 0 Å². The first-order valence-electron chi connectivity index (χ1n) is 14.5. The van der Waals surface area contributed by atoms with E-state index >= 15 is 0 Å². The van der Waals surface area contributed by atoms with E-state index in [1.54, 1.807) is 0 Å². The summed E-state index contributed by atoms with van der Waals surface area (Å²) in [6.07, 6.45) is 6.24. The van der Waals surface area contributed by atoms with Crippen LogP contribution in [0.1, 0.15) is 67.2 Å². The van der Waals surface area contributed by atoms with Gasteiger partial charge in [-0.2, -0.15) is 0 Å². The molecule has 3 nitrogen and oxygen atoms in total. The molecule has 0 aromatic heterocycles. The smallest absolute Gasteiger partial charge is 0.187 e. The topological polar surface area (TPSA) is 27.7 Å². The summed E-state index contributed by atoms with van der Waals surface area (Å²) in [5.41, 5.74) is 0. The van der Waals surface area contributed by atoms with Gasteiger partial charge < -0.3 is 13.3 Å². The molecule has 0 unspecified atom stereocenters. The minimum Gasteiger partial charge on any atom is -0.415 e. The molecule has 212 valence electrons. The molecule has 0 fully saturated rings. The minimum absolute atomic E-state index is 0.344. The highest BCUT2D eigenvalue weighted by Gasteiger charge is 2.35. The summed E-state index contributed by atoms with van der Waals surface area (Å²) in [5, 5.41) is 0. The Morgan fingerprint density at radius 3 is 0.943 bits per heavy atom. The van der Waals surface area contributed by atoms with Crippen LogP contribution >= 0.6 is 11.6 Å². The highest BCUT2D eigenvalue weighted by atomic mass is 35.5. The molecule has 0 aliphatic carbocycles. The van der Waals surface area contributed by atoms with Crippen LogP contribution in [0.5, 0.6) is 0 Å². The van der Waals surface area contributed by atoms with Crippen molar-refractivity contribution in [3.63, 3.8) is 0 Å². The van der Waals surface area contributed by atoms with Crippen LogP contribution in [0.15, 0.2) is 0 Å². The maximum absolute atomic E-state index is 6.37. The standard InChI is InChI=1S/C27H63ClO3Si4/c1-25(2)29-32(7,8)18-14-22-35(21-13-17-28,23-15-19-33(9,10)30-26(3)4)24-16-20-34(11,12)31-27(5)6/h25-27H,13-24H2,1-12H3. The van der Waals surface area contributed by atoms with Crippen molar-refractivity contribution in [1.29, 1.82) is 0 Å². The fourth-order valence-corrected chi connectivity index (χ4v) is 19.8. The molecule has 8 heteroatoms. The largest absolute Gasteiger partial charge is 0.415 e. The molecule has 0 saturated carbocycles. The van der Waals surface area contributed by atoms with E-state index in [1.807, 2.05) is 0 Å². The van der Waals surface area contributed by atoms with Crippen molar-refractivity contribution in [3.8, 4) is 0 Å². The fourth-order valence-electron chi connectivity index (χ4n) is 5.95. The van der Waals surface area contributed by atoms with Gasteiger partial charge in [0.1, 0.15) is 0 Å². The molecule has 35 heavy (non-hydrogen) atoms. The molecule has 0 aromatic carbocycles. The molecule has 0 atom stereocenters. The Kier molecular flexibility index (Phi) is 17.4. The molecular weight excluding hydrogens is 520 g/mol. The first-order valence-corrected chi connectivity index (χ1v) is 27.2. The average Bonchev–Trinajstić information content (AvgIpc) is 2.62. The van der Waals surface area contributed by atoms with Gasteiger partial charge in [0.2, 0.25) is 0 Å². The Morgan fingerprint density at radius 1 is 0.457 bits per heavy atom. The van der Waals surface area contributed by atoms with Crippen molar-refractivity contribution < 1.29 is 13.3 Å². The van der Waals surface area contributed by atoms with Gasteiger partial charge in [-0.25, -0.2) is 0 Å². The fraction of sp³-hybridized carbons (Fsp3) is 1.00.